The van der Waals surface area contributed by atoms with Gasteiger partial charge in [0.2, 0.25) is 0 Å². The van der Waals surface area contributed by atoms with Gasteiger partial charge in [-0.2, -0.15) is 0 Å². The molecule has 1 saturated carbocycles. The van der Waals surface area contributed by atoms with Crippen LogP contribution < -0.4 is 15.4 Å². The highest BCUT2D eigenvalue weighted by atomic mass is 79.9. The van der Waals surface area contributed by atoms with E-state index in [-0.39, 0.29) is 6.54 Å². The summed E-state index contributed by atoms with van der Waals surface area (Å²) in [5.74, 6) is -0.191. The Kier molecular flexibility index (Phi) is 4.17. The van der Waals surface area contributed by atoms with Crippen LogP contribution in [-0.2, 0) is 4.79 Å². The molecule has 0 aromatic heterocycles. The zero-order chi connectivity index (χ0) is 14.8. The van der Waals surface area contributed by atoms with Gasteiger partial charge in [0.1, 0.15) is 5.75 Å². The molecular weight excluding hydrogens is 328 g/mol. The van der Waals surface area contributed by atoms with Crippen molar-refractivity contribution in [1.29, 1.82) is 0 Å². The summed E-state index contributed by atoms with van der Waals surface area (Å²) in [6.07, 6.45) is 1.22. The number of benzene rings is 1. The maximum atomic E-state index is 11.7. The smallest absolute Gasteiger partial charge is 0.319 e. The van der Waals surface area contributed by atoms with Gasteiger partial charge in [-0.25, -0.2) is 4.79 Å². The van der Waals surface area contributed by atoms with Crippen LogP contribution in [0.5, 0.6) is 5.75 Å². The highest BCUT2D eigenvalue weighted by molar-refractivity contribution is 9.10. The molecule has 0 spiro atoms. The highest BCUT2D eigenvalue weighted by Gasteiger charge is 2.50. The molecule has 1 aliphatic rings. The number of carboxylic acids is 1. The average molecular weight is 343 g/mol. The van der Waals surface area contributed by atoms with Crippen LogP contribution in [0.4, 0.5) is 10.5 Å². The van der Waals surface area contributed by atoms with Crippen LogP contribution >= 0.6 is 15.9 Å². The van der Waals surface area contributed by atoms with Gasteiger partial charge in [0.15, 0.2) is 0 Å². The molecule has 2 rings (SSSR count). The minimum atomic E-state index is -0.856. The van der Waals surface area contributed by atoms with Crippen molar-refractivity contribution in [3.63, 3.8) is 0 Å². The van der Waals surface area contributed by atoms with Crippen LogP contribution in [0.15, 0.2) is 22.7 Å². The molecule has 1 aromatic carbocycles. The second-order valence-corrected chi connectivity index (χ2v) is 5.60. The van der Waals surface area contributed by atoms with Crippen molar-refractivity contribution in [3.8, 4) is 5.75 Å². The van der Waals surface area contributed by atoms with E-state index in [2.05, 4.69) is 26.6 Å². The normalized spacial score (nSPS) is 15.3. The minimum absolute atomic E-state index is 0.144. The predicted molar refractivity (Wildman–Crippen MR) is 77.0 cm³/mol. The molecule has 0 atom stereocenters. The Morgan fingerprint density at radius 3 is 2.65 bits per heavy atom. The van der Waals surface area contributed by atoms with Crippen LogP contribution in [0.25, 0.3) is 0 Å². The topological polar surface area (TPSA) is 87.7 Å². The summed E-state index contributed by atoms with van der Waals surface area (Å²) in [6, 6.07) is 4.71. The van der Waals surface area contributed by atoms with Gasteiger partial charge in [0.05, 0.1) is 17.0 Å². The lowest BCUT2D eigenvalue weighted by atomic mass is 10.1. The van der Waals surface area contributed by atoms with Gasteiger partial charge < -0.3 is 20.5 Å². The highest BCUT2D eigenvalue weighted by Crippen LogP contribution is 2.45. The lowest BCUT2D eigenvalue weighted by molar-refractivity contribution is -0.143. The standard InChI is InChI=1S/C13H15BrN2O4/c1-20-10-3-2-8(6-9(10)14)16-12(19)15-7-13(4-5-13)11(17)18/h2-3,6H,4-5,7H2,1H3,(H,17,18)(H2,15,16,19). The molecule has 0 heterocycles. The molecule has 0 radical (unpaired) electrons. The average Bonchev–Trinajstić information content (AvgIpc) is 3.18. The first-order valence-corrected chi connectivity index (χ1v) is 6.88. The number of nitrogens with one attached hydrogen (secondary N) is 2. The third-order valence-corrected chi connectivity index (χ3v) is 3.92. The van der Waals surface area contributed by atoms with Crippen molar-refractivity contribution in [3.05, 3.63) is 22.7 Å². The number of carbonyl (C=O) groups excluding carboxylic acids is 1. The monoisotopic (exact) mass is 342 g/mol. The number of rotatable bonds is 5. The molecule has 0 saturated heterocycles. The first-order valence-electron chi connectivity index (χ1n) is 6.09. The quantitative estimate of drug-likeness (QED) is 0.766. The molecular formula is C13H15BrN2O4. The number of amides is 2. The van der Waals surface area contributed by atoms with Gasteiger partial charge in [-0.1, -0.05) is 0 Å². The number of urea groups is 1. The SMILES string of the molecule is COc1ccc(NC(=O)NCC2(C(=O)O)CC2)cc1Br. The van der Waals surface area contributed by atoms with E-state index in [1.165, 1.54) is 0 Å². The Labute approximate surface area is 124 Å². The second-order valence-electron chi connectivity index (χ2n) is 4.74. The summed E-state index contributed by atoms with van der Waals surface area (Å²) in [5.41, 5.74) is -0.173. The number of anilines is 1. The number of aliphatic carboxylic acids is 1. The van der Waals surface area contributed by atoms with Gasteiger partial charge in [-0.15, -0.1) is 0 Å². The van der Waals surface area contributed by atoms with Crippen molar-refractivity contribution in [2.45, 2.75) is 12.8 Å². The van der Waals surface area contributed by atoms with Crippen LogP contribution in [0.1, 0.15) is 12.8 Å². The number of carbonyl (C=O) groups is 2. The summed E-state index contributed by atoms with van der Waals surface area (Å²) in [7, 11) is 1.56. The fourth-order valence-corrected chi connectivity index (χ4v) is 2.33. The fraction of sp³-hybridized carbons (Fsp3) is 0.385. The molecule has 0 bridgehead atoms. The van der Waals surface area contributed by atoms with Gasteiger partial charge in [-0.3, -0.25) is 4.79 Å². The van der Waals surface area contributed by atoms with Crippen LogP contribution in [0.2, 0.25) is 0 Å². The molecule has 2 amide bonds. The van der Waals surface area contributed by atoms with E-state index in [9.17, 15) is 9.59 Å². The molecule has 0 unspecified atom stereocenters. The number of carboxylic acid groups (broad SMARTS) is 1. The van der Waals surface area contributed by atoms with Gasteiger partial charge >= 0.3 is 12.0 Å². The summed E-state index contributed by atoms with van der Waals surface area (Å²) in [5, 5.41) is 14.2. The lowest BCUT2D eigenvalue weighted by Gasteiger charge is -2.12. The molecule has 7 heteroatoms. The summed E-state index contributed by atoms with van der Waals surface area (Å²) in [4.78, 5) is 22.7. The zero-order valence-corrected chi connectivity index (χ0v) is 12.5. The van der Waals surface area contributed by atoms with E-state index in [1.54, 1.807) is 25.3 Å². The maximum absolute atomic E-state index is 11.7. The molecule has 1 aliphatic carbocycles. The largest absolute Gasteiger partial charge is 0.496 e. The molecule has 6 nitrogen and oxygen atoms in total. The van der Waals surface area contributed by atoms with Gasteiger partial charge in [-0.05, 0) is 47.0 Å². The molecule has 20 heavy (non-hydrogen) atoms. The van der Waals surface area contributed by atoms with Crippen molar-refractivity contribution in [1.82, 2.24) is 5.32 Å². The van der Waals surface area contributed by atoms with Crippen LogP contribution in [0.3, 0.4) is 0 Å². The molecule has 1 aromatic rings. The Bertz CT molecular complexity index is 543. The Morgan fingerprint density at radius 1 is 1.45 bits per heavy atom. The Balaban J connectivity index is 1.89. The fourth-order valence-electron chi connectivity index (χ4n) is 1.79. The Hall–Kier alpha value is -1.76. The number of ether oxygens (including phenoxy) is 1. The van der Waals surface area contributed by atoms with E-state index in [0.717, 1.165) is 4.47 Å². The Morgan fingerprint density at radius 2 is 2.15 bits per heavy atom. The van der Waals surface area contributed by atoms with Crippen LogP contribution in [0, 0.1) is 5.41 Å². The lowest BCUT2D eigenvalue weighted by Crippen LogP contribution is -2.36. The first kappa shape index (κ1) is 14.6. The predicted octanol–water partition coefficient (Wildman–Crippen LogP) is 2.44. The van der Waals surface area contributed by atoms with Crippen molar-refractivity contribution in [2.24, 2.45) is 5.41 Å². The van der Waals surface area contributed by atoms with Crippen LogP contribution in [-0.4, -0.2) is 30.8 Å². The third-order valence-electron chi connectivity index (χ3n) is 3.30. The van der Waals surface area contributed by atoms with Crippen molar-refractivity contribution >= 4 is 33.6 Å². The van der Waals surface area contributed by atoms with E-state index in [0.29, 0.717) is 24.3 Å². The van der Waals surface area contributed by atoms with Gasteiger partial charge in [0.25, 0.3) is 0 Å². The van der Waals surface area contributed by atoms with E-state index < -0.39 is 17.4 Å². The first-order chi connectivity index (χ1) is 9.47. The third kappa shape index (κ3) is 3.22. The molecule has 1 fully saturated rings. The number of methoxy groups -OCH3 is 1. The number of hydrogen-bond acceptors (Lipinski definition) is 3. The van der Waals surface area contributed by atoms with Gasteiger partial charge in [0, 0.05) is 12.2 Å². The molecule has 0 aliphatic heterocycles. The minimum Gasteiger partial charge on any atom is -0.496 e. The summed E-state index contributed by atoms with van der Waals surface area (Å²) >= 11 is 3.32. The molecule has 3 N–H and O–H groups in total. The second kappa shape index (κ2) is 5.70. The van der Waals surface area contributed by atoms with Crippen molar-refractivity contribution < 1.29 is 19.4 Å². The number of halogens is 1. The number of hydrogen-bond donors (Lipinski definition) is 3. The van der Waals surface area contributed by atoms with E-state index >= 15 is 0 Å². The van der Waals surface area contributed by atoms with Crippen molar-refractivity contribution in [2.75, 3.05) is 19.0 Å². The molecule has 108 valence electrons. The summed E-state index contributed by atoms with van der Waals surface area (Å²) < 4.78 is 5.82. The maximum Gasteiger partial charge on any atom is 0.319 e. The summed E-state index contributed by atoms with van der Waals surface area (Å²) in [6.45, 7) is 0.144. The zero-order valence-electron chi connectivity index (χ0n) is 10.9. The van der Waals surface area contributed by atoms with E-state index in [4.69, 9.17) is 9.84 Å². The van der Waals surface area contributed by atoms with E-state index in [1.807, 2.05) is 0 Å².